The maximum Gasteiger partial charge on any atom is 0.245 e. The third-order valence-corrected chi connectivity index (χ3v) is 3.63. The van der Waals surface area contributed by atoms with Crippen molar-refractivity contribution < 1.29 is 4.79 Å². The fraction of sp³-hybridized carbons (Fsp3) is 0.400. The first-order valence-electron chi connectivity index (χ1n) is 7.11. The number of carbonyl (C=O) groups is 1. The molecule has 2 heterocycles. The van der Waals surface area contributed by atoms with Crippen LogP contribution in [-0.2, 0) is 4.79 Å². The molecule has 6 heteroatoms. The Morgan fingerprint density at radius 3 is 2.76 bits per heavy atom. The molecular formula is C15H21N5O. The van der Waals surface area contributed by atoms with Crippen LogP contribution in [0.5, 0.6) is 0 Å². The Bertz CT molecular complexity index is 618. The van der Waals surface area contributed by atoms with Crippen LogP contribution in [-0.4, -0.2) is 38.4 Å². The topological polar surface area (TPSA) is 77.0 Å². The van der Waals surface area contributed by atoms with E-state index in [1.165, 1.54) is 0 Å². The smallest absolute Gasteiger partial charge is 0.245 e. The summed E-state index contributed by atoms with van der Waals surface area (Å²) >= 11 is 0. The fourth-order valence-electron chi connectivity index (χ4n) is 2.37. The predicted octanol–water partition coefficient (Wildman–Crippen LogP) is 1.96. The third kappa shape index (κ3) is 2.89. The first-order valence-corrected chi connectivity index (χ1v) is 7.11. The molecule has 0 saturated heterocycles. The Morgan fingerprint density at radius 2 is 2.14 bits per heavy atom. The summed E-state index contributed by atoms with van der Waals surface area (Å²) in [6, 6.07) is 3.37. The summed E-state index contributed by atoms with van der Waals surface area (Å²) < 4.78 is 1.84. The average Bonchev–Trinajstić information content (AvgIpc) is 2.97. The van der Waals surface area contributed by atoms with E-state index < -0.39 is 0 Å². The van der Waals surface area contributed by atoms with Gasteiger partial charge in [-0.05, 0) is 32.9 Å². The molecule has 0 radical (unpaired) electrons. The van der Waals surface area contributed by atoms with Crippen LogP contribution in [0.3, 0.4) is 0 Å². The molecule has 0 aliphatic rings. The first kappa shape index (κ1) is 15.0. The molecule has 0 spiro atoms. The number of imidazole rings is 1. The lowest BCUT2D eigenvalue weighted by Gasteiger charge is -2.24. The van der Waals surface area contributed by atoms with E-state index in [2.05, 4.69) is 9.97 Å². The normalized spacial score (nSPS) is 12.1. The third-order valence-electron chi connectivity index (χ3n) is 3.63. The van der Waals surface area contributed by atoms with Crippen molar-refractivity contribution in [2.75, 3.05) is 18.8 Å². The predicted molar refractivity (Wildman–Crippen MR) is 82.5 cm³/mol. The van der Waals surface area contributed by atoms with Crippen molar-refractivity contribution >= 4 is 11.7 Å². The Hall–Kier alpha value is -2.37. The molecule has 0 aliphatic heterocycles. The zero-order valence-electron chi connectivity index (χ0n) is 12.7. The fourth-order valence-corrected chi connectivity index (χ4v) is 2.37. The van der Waals surface area contributed by atoms with Gasteiger partial charge < -0.3 is 15.2 Å². The number of nitrogens with zero attached hydrogens (tertiary/aromatic N) is 4. The summed E-state index contributed by atoms with van der Waals surface area (Å²) in [7, 11) is 0. The van der Waals surface area contributed by atoms with Gasteiger partial charge in [0, 0.05) is 24.8 Å². The molecule has 6 nitrogen and oxygen atoms in total. The second kappa shape index (κ2) is 6.39. The highest BCUT2D eigenvalue weighted by Crippen LogP contribution is 2.26. The first-order chi connectivity index (χ1) is 10.1. The number of nitrogen functional groups attached to an aromatic ring is 1. The molecule has 2 aromatic heterocycles. The van der Waals surface area contributed by atoms with Crippen molar-refractivity contribution in [2.24, 2.45) is 0 Å². The molecule has 2 rings (SSSR count). The minimum atomic E-state index is -0.331. The molecular weight excluding hydrogens is 266 g/mol. The van der Waals surface area contributed by atoms with Crippen LogP contribution in [0.25, 0.3) is 11.3 Å². The van der Waals surface area contributed by atoms with Crippen molar-refractivity contribution in [3.63, 3.8) is 0 Å². The Balaban J connectivity index is 2.37. The van der Waals surface area contributed by atoms with E-state index in [1.807, 2.05) is 37.5 Å². The van der Waals surface area contributed by atoms with Crippen molar-refractivity contribution in [2.45, 2.75) is 26.8 Å². The van der Waals surface area contributed by atoms with Crippen LogP contribution in [0, 0.1) is 0 Å². The molecule has 2 N–H and O–H groups in total. The largest absolute Gasteiger partial charge is 0.383 e. The Morgan fingerprint density at radius 1 is 1.43 bits per heavy atom. The lowest BCUT2D eigenvalue weighted by Crippen LogP contribution is -2.36. The highest BCUT2D eigenvalue weighted by Gasteiger charge is 2.22. The number of rotatable bonds is 5. The van der Waals surface area contributed by atoms with Gasteiger partial charge in [0.2, 0.25) is 5.91 Å². The minimum absolute atomic E-state index is 0.0710. The zero-order valence-corrected chi connectivity index (χ0v) is 12.7. The van der Waals surface area contributed by atoms with E-state index in [9.17, 15) is 4.79 Å². The highest BCUT2D eigenvalue weighted by atomic mass is 16.2. The van der Waals surface area contributed by atoms with E-state index >= 15 is 0 Å². The summed E-state index contributed by atoms with van der Waals surface area (Å²) in [5.74, 6) is 0.503. The minimum Gasteiger partial charge on any atom is -0.383 e. The van der Waals surface area contributed by atoms with Crippen molar-refractivity contribution in [3.8, 4) is 11.3 Å². The number of nitrogens with two attached hydrogens (primary N) is 1. The van der Waals surface area contributed by atoms with Gasteiger partial charge in [0.25, 0.3) is 0 Å². The lowest BCUT2D eigenvalue weighted by atomic mass is 10.1. The monoisotopic (exact) mass is 287 g/mol. The SMILES string of the molecule is CCN(CC)C(=O)C(C)n1cncc1-c1cccnc1N. The summed E-state index contributed by atoms with van der Waals surface area (Å²) in [5, 5.41) is 0. The zero-order chi connectivity index (χ0) is 15.4. The summed E-state index contributed by atoms with van der Waals surface area (Å²) in [4.78, 5) is 22.6. The van der Waals surface area contributed by atoms with Crippen molar-refractivity contribution in [1.29, 1.82) is 0 Å². The van der Waals surface area contributed by atoms with Crippen LogP contribution in [0.2, 0.25) is 0 Å². The Labute approximate surface area is 124 Å². The molecule has 0 saturated carbocycles. The van der Waals surface area contributed by atoms with Gasteiger partial charge in [0.05, 0.1) is 18.2 Å². The summed E-state index contributed by atoms with van der Waals surface area (Å²) in [6.45, 7) is 7.21. The van der Waals surface area contributed by atoms with Crippen molar-refractivity contribution in [3.05, 3.63) is 30.9 Å². The summed E-state index contributed by atoms with van der Waals surface area (Å²) in [6.07, 6.45) is 5.01. The number of hydrogen-bond acceptors (Lipinski definition) is 4. The molecule has 1 amide bonds. The molecule has 1 unspecified atom stereocenters. The number of aromatic nitrogens is 3. The van der Waals surface area contributed by atoms with Gasteiger partial charge in [-0.15, -0.1) is 0 Å². The number of pyridine rings is 1. The lowest BCUT2D eigenvalue weighted by molar-refractivity contribution is -0.133. The van der Waals surface area contributed by atoms with Gasteiger partial charge >= 0.3 is 0 Å². The van der Waals surface area contributed by atoms with Gasteiger partial charge in [0.1, 0.15) is 11.9 Å². The van der Waals surface area contributed by atoms with Crippen molar-refractivity contribution in [1.82, 2.24) is 19.4 Å². The number of likely N-dealkylation sites (N-methyl/N-ethyl adjacent to an activating group) is 1. The number of hydrogen-bond donors (Lipinski definition) is 1. The average molecular weight is 287 g/mol. The van der Waals surface area contributed by atoms with E-state index in [4.69, 9.17) is 5.73 Å². The standard InChI is InChI=1S/C15H21N5O/c1-4-19(5-2)15(21)11(3)20-10-17-9-13(20)12-7-6-8-18-14(12)16/h6-11H,4-5H2,1-3H3,(H2,16,18). The van der Waals surface area contributed by atoms with E-state index in [0.717, 1.165) is 11.3 Å². The van der Waals surface area contributed by atoms with Crippen LogP contribution in [0.15, 0.2) is 30.9 Å². The number of carbonyl (C=O) groups excluding carboxylic acids is 1. The molecule has 0 aromatic carbocycles. The quantitative estimate of drug-likeness (QED) is 0.912. The van der Waals surface area contributed by atoms with Gasteiger partial charge in [0.15, 0.2) is 0 Å². The van der Waals surface area contributed by atoms with Crippen LogP contribution in [0.1, 0.15) is 26.8 Å². The van der Waals surface area contributed by atoms with Crippen LogP contribution < -0.4 is 5.73 Å². The van der Waals surface area contributed by atoms with Gasteiger partial charge in [-0.2, -0.15) is 0 Å². The van der Waals surface area contributed by atoms with Gasteiger partial charge in [-0.1, -0.05) is 0 Å². The molecule has 21 heavy (non-hydrogen) atoms. The van der Waals surface area contributed by atoms with E-state index in [1.54, 1.807) is 23.6 Å². The molecule has 1 atom stereocenters. The summed E-state index contributed by atoms with van der Waals surface area (Å²) in [5.41, 5.74) is 7.51. The van der Waals surface area contributed by atoms with Crippen LogP contribution >= 0.6 is 0 Å². The highest BCUT2D eigenvalue weighted by molar-refractivity contribution is 5.81. The van der Waals surface area contributed by atoms with Gasteiger partial charge in [-0.25, -0.2) is 9.97 Å². The molecule has 2 aromatic rings. The van der Waals surface area contributed by atoms with E-state index in [-0.39, 0.29) is 11.9 Å². The maximum atomic E-state index is 12.5. The molecule has 0 bridgehead atoms. The molecule has 112 valence electrons. The molecule has 0 aliphatic carbocycles. The number of amides is 1. The molecule has 0 fully saturated rings. The maximum absolute atomic E-state index is 12.5. The van der Waals surface area contributed by atoms with Gasteiger partial charge in [-0.3, -0.25) is 4.79 Å². The second-order valence-electron chi connectivity index (χ2n) is 4.81. The second-order valence-corrected chi connectivity index (χ2v) is 4.81. The van der Waals surface area contributed by atoms with E-state index in [0.29, 0.717) is 18.9 Å². The number of anilines is 1. The Kier molecular flexibility index (Phi) is 4.57. The van der Waals surface area contributed by atoms with Crippen LogP contribution in [0.4, 0.5) is 5.82 Å².